The Morgan fingerprint density at radius 3 is 2.74 bits per heavy atom. The first-order valence-corrected chi connectivity index (χ1v) is 8.34. The summed E-state index contributed by atoms with van der Waals surface area (Å²) >= 11 is 0. The normalized spacial score (nSPS) is 19.0. The van der Waals surface area contributed by atoms with E-state index < -0.39 is 0 Å². The maximum Gasteiger partial charge on any atom is 0.224 e. The van der Waals surface area contributed by atoms with Crippen molar-refractivity contribution in [1.82, 2.24) is 5.32 Å². The molecule has 3 N–H and O–H groups in total. The van der Waals surface area contributed by atoms with Gasteiger partial charge in [-0.25, -0.2) is 0 Å². The van der Waals surface area contributed by atoms with E-state index in [2.05, 4.69) is 22.9 Å². The van der Waals surface area contributed by atoms with E-state index in [-0.39, 0.29) is 11.8 Å². The minimum absolute atomic E-state index is 0.000255. The fraction of sp³-hybridized carbons (Fsp3) is 0.556. The number of piperidine rings is 1. The Kier molecular flexibility index (Phi) is 6.16. The molecule has 1 aromatic rings. The van der Waals surface area contributed by atoms with Gasteiger partial charge in [0.15, 0.2) is 0 Å². The van der Waals surface area contributed by atoms with Crippen molar-refractivity contribution in [3.63, 3.8) is 0 Å². The average Bonchev–Trinajstić information content (AvgIpc) is 2.50. The van der Waals surface area contributed by atoms with Gasteiger partial charge in [-0.15, -0.1) is 0 Å². The van der Waals surface area contributed by atoms with Crippen LogP contribution >= 0.6 is 0 Å². The van der Waals surface area contributed by atoms with Crippen LogP contribution in [0, 0.1) is 18.8 Å². The molecule has 0 radical (unpaired) electrons. The van der Waals surface area contributed by atoms with Crippen molar-refractivity contribution in [2.45, 2.75) is 40.0 Å². The second kappa shape index (κ2) is 8.11. The van der Waals surface area contributed by atoms with Crippen LogP contribution in [0.1, 0.15) is 38.7 Å². The summed E-state index contributed by atoms with van der Waals surface area (Å²) in [5, 5.41) is 9.11. The number of benzene rings is 1. The highest BCUT2D eigenvalue weighted by atomic mass is 16.2. The number of anilines is 2. The lowest BCUT2D eigenvalue weighted by Gasteiger charge is -2.28. The maximum absolute atomic E-state index is 12.4. The SMILES string of the molecule is CC(=O)Nc1ccc(C)cc1NC(=O)CC(C)C1CCCNC1. The minimum atomic E-state index is -0.147. The number of nitrogens with one attached hydrogen (secondary N) is 3. The largest absolute Gasteiger partial charge is 0.325 e. The summed E-state index contributed by atoms with van der Waals surface area (Å²) in [5.74, 6) is 0.755. The van der Waals surface area contributed by atoms with E-state index in [0.717, 1.165) is 18.7 Å². The highest BCUT2D eigenvalue weighted by Crippen LogP contribution is 2.26. The molecular weight excluding hydrogens is 290 g/mol. The van der Waals surface area contributed by atoms with E-state index in [9.17, 15) is 9.59 Å². The Morgan fingerprint density at radius 1 is 1.30 bits per heavy atom. The van der Waals surface area contributed by atoms with Crippen LogP contribution in [0.5, 0.6) is 0 Å². The van der Waals surface area contributed by atoms with E-state index in [1.807, 2.05) is 25.1 Å². The van der Waals surface area contributed by atoms with Gasteiger partial charge >= 0.3 is 0 Å². The Labute approximate surface area is 138 Å². The van der Waals surface area contributed by atoms with Crippen LogP contribution in [0.25, 0.3) is 0 Å². The Morgan fingerprint density at radius 2 is 2.09 bits per heavy atom. The van der Waals surface area contributed by atoms with Gasteiger partial charge in [0, 0.05) is 13.3 Å². The van der Waals surface area contributed by atoms with Crippen LogP contribution in [0.2, 0.25) is 0 Å². The summed E-state index contributed by atoms with van der Waals surface area (Å²) in [4.78, 5) is 23.7. The van der Waals surface area contributed by atoms with Gasteiger partial charge in [0.1, 0.15) is 0 Å². The molecule has 0 saturated carbocycles. The molecule has 0 aliphatic carbocycles. The van der Waals surface area contributed by atoms with Crippen LogP contribution in [0.3, 0.4) is 0 Å². The Bertz CT molecular complexity index is 565. The molecule has 126 valence electrons. The molecule has 1 aliphatic heterocycles. The molecule has 1 aromatic carbocycles. The second-order valence-electron chi connectivity index (χ2n) is 6.57. The van der Waals surface area contributed by atoms with Gasteiger partial charge in [-0.3, -0.25) is 9.59 Å². The quantitative estimate of drug-likeness (QED) is 0.782. The summed E-state index contributed by atoms with van der Waals surface area (Å²) in [6.45, 7) is 7.64. The van der Waals surface area contributed by atoms with Crippen molar-refractivity contribution in [3.05, 3.63) is 23.8 Å². The van der Waals surface area contributed by atoms with Crippen LogP contribution < -0.4 is 16.0 Å². The zero-order chi connectivity index (χ0) is 16.8. The fourth-order valence-corrected chi connectivity index (χ4v) is 3.08. The molecule has 1 aliphatic rings. The summed E-state index contributed by atoms with van der Waals surface area (Å²) in [6, 6.07) is 5.62. The van der Waals surface area contributed by atoms with Gasteiger partial charge in [-0.2, -0.15) is 0 Å². The molecule has 2 amide bonds. The van der Waals surface area contributed by atoms with E-state index in [1.165, 1.54) is 19.8 Å². The number of hydrogen-bond acceptors (Lipinski definition) is 3. The Hall–Kier alpha value is -1.88. The fourth-order valence-electron chi connectivity index (χ4n) is 3.08. The van der Waals surface area contributed by atoms with Crippen molar-refractivity contribution >= 4 is 23.2 Å². The third kappa shape index (κ3) is 5.36. The third-order valence-electron chi connectivity index (χ3n) is 4.41. The first kappa shape index (κ1) is 17.5. The number of amides is 2. The number of aryl methyl sites for hydroxylation is 1. The molecule has 23 heavy (non-hydrogen) atoms. The standard InChI is InChI=1S/C18H27N3O2/c1-12-6-7-16(20-14(3)22)17(9-12)21-18(23)10-13(2)15-5-4-8-19-11-15/h6-7,9,13,15,19H,4-5,8,10-11H2,1-3H3,(H,20,22)(H,21,23). The van der Waals surface area contributed by atoms with Crippen molar-refractivity contribution < 1.29 is 9.59 Å². The summed E-state index contributed by atoms with van der Waals surface area (Å²) < 4.78 is 0. The molecule has 1 fully saturated rings. The smallest absolute Gasteiger partial charge is 0.224 e. The average molecular weight is 317 g/mol. The topological polar surface area (TPSA) is 70.2 Å². The van der Waals surface area contributed by atoms with Crippen LogP contribution in [0.4, 0.5) is 11.4 Å². The number of carbonyl (C=O) groups is 2. The molecule has 2 rings (SSSR count). The lowest BCUT2D eigenvalue weighted by Crippen LogP contribution is -2.34. The lowest BCUT2D eigenvalue weighted by molar-refractivity contribution is -0.117. The zero-order valence-corrected chi connectivity index (χ0v) is 14.2. The molecule has 5 nitrogen and oxygen atoms in total. The number of rotatable bonds is 5. The lowest BCUT2D eigenvalue weighted by atomic mass is 9.85. The minimum Gasteiger partial charge on any atom is -0.325 e. The molecule has 0 aromatic heterocycles. The molecule has 5 heteroatoms. The van der Waals surface area contributed by atoms with Crippen LogP contribution in [-0.2, 0) is 9.59 Å². The zero-order valence-electron chi connectivity index (χ0n) is 14.2. The van der Waals surface area contributed by atoms with E-state index in [4.69, 9.17) is 0 Å². The molecule has 0 spiro atoms. The molecule has 1 heterocycles. The first-order valence-electron chi connectivity index (χ1n) is 8.34. The van der Waals surface area contributed by atoms with Crippen molar-refractivity contribution in [2.24, 2.45) is 11.8 Å². The molecule has 2 atom stereocenters. The van der Waals surface area contributed by atoms with E-state index in [1.54, 1.807) is 0 Å². The highest BCUT2D eigenvalue weighted by molar-refractivity contribution is 5.99. The highest BCUT2D eigenvalue weighted by Gasteiger charge is 2.22. The van der Waals surface area contributed by atoms with Gasteiger partial charge in [0.2, 0.25) is 11.8 Å². The number of hydrogen-bond donors (Lipinski definition) is 3. The monoisotopic (exact) mass is 317 g/mol. The molecule has 0 bridgehead atoms. The second-order valence-corrected chi connectivity index (χ2v) is 6.57. The molecule has 1 saturated heterocycles. The van der Waals surface area contributed by atoms with Gasteiger partial charge in [-0.1, -0.05) is 13.0 Å². The number of carbonyl (C=O) groups excluding carboxylic acids is 2. The predicted molar refractivity (Wildman–Crippen MR) is 93.5 cm³/mol. The van der Waals surface area contributed by atoms with Crippen LogP contribution in [-0.4, -0.2) is 24.9 Å². The van der Waals surface area contributed by atoms with Gasteiger partial charge in [0.05, 0.1) is 11.4 Å². The summed E-state index contributed by atoms with van der Waals surface area (Å²) in [5.41, 5.74) is 2.35. The van der Waals surface area contributed by atoms with E-state index in [0.29, 0.717) is 29.6 Å². The van der Waals surface area contributed by atoms with Gasteiger partial charge in [-0.05, 0) is 62.4 Å². The first-order chi connectivity index (χ1) is 11.0. The summed E-state index contributed by atoms with van der Waals surface area (Å²) in [7, 11) is 0. The molecular formula is C18H27N3O2. The molecule has 2 unspecified atom stereocenters. The van der Waals surface area contributed by atoms with Crippen LogP contribution in [0.15, 0.2) is 18.2 Å². The van der Waals surface area contributed by atoms with E-state index >= 15 is 0 Å². The van der Waals surface area contributed by atoms with Crippen molar-refractivity contribution in [2.75, 3.05) is 23.7 Å². The maximum atomic E-state index is 12.4. The van der Waals surface area contributed by atoms with Crippen molar-refractivity contribution in [3.8, 4) is 0 Å². The van der Waals surface area contributed by atoms with Gasteiger partial charge < -0.3 is 16.0 Å². The van der Waals surface area contributed by atoms with Crippen molar-refractivity contribution in [1.29, 1.82) is 0 Å². The third-order valence-corrected chi connectivity index (χ3v) is 4.41. The summed E-state index contributed by atoms with van der Waals surface area (Å²) in [6.07, 6.45) is 2.87. The Balaban J connectivity index is 1.98. The predicted octanol–water partition coefficient (Wildman–Crippen LogP) is 2.92. The van der Waals surface area contributed by atoms with Gasteiger partial charge in [0.25, 0.3) is 0 Å².